The number of halogens is 3. The van der Waals surface area contributed by atoms with E-state index < -0.39 is 0 Å². The fraction of sp³-hybridized carbons (Fsp3) is 0.154. The van der Waals surface area contributed by atoms with Crippen LogP contribution in [0.1, 0.15) is 5.56 Å². The van der Waals surface area contributed by atoms with Gasteiger partial charge in [0.1, 0.15) is 10.8 Å². The minimum Gasteiger partial charge on any atom is -0.436 e. The second-order valence-electron chi connectivity index (χ2n) is 3.84. The van der Waals surface area contributed by atoms with Crippen molar-refractivity contribution in [2.45, 2.75) is 6.54 Å². The van der Waals surface area contributed by atoms with Gasteiger partial charge in [0, 0.05) is 17.2 Å². The normalized spacial score (nSPS) is 10.5. The van der Waals surface area contributed by atoms with E-state index in [1.165, 1.54) is 0 Å². The maximum absolute atomic E-state index is 6.13. The van der Waals surface area contributed by atoms with Gasteiger partial charge < -0.3 is 10.1 Å². The molecule has 19 heavy (non-hydrogen) atoms. The molecule has 2 rings (SSSR count). The zero-order chi connectivity index (χ0) is 13.8. The van der Waals surface area contributed by atoms with Gasteiger partial charge in [-0.15, -0.1) is 0 Å². The largest absolute Gasteiger partial charge is 0.436 e. The van der Waals surface area contributed by atoms with Gasteiger partial charge in [-0.3, -0.25) is 0 Å². The van der Waals surface area contributed by atoms with Crippen LogP contribution in [-0.2, 0) is 6.54 Å². The van der Waals surface area contributed by atoms with Crippen LogP contribution in [0.2, 0.25) is 10.0 Å². The first-order chi connectivity index (χ1) is 9.10. The number of aromatic nitrogens is 1. The van der Waals surface area contributed by atoms with E-state index >= 15 is 0 Å². The molecule has 0 bridgehead atoms. The van der Waals surface area contributed by atoms with Gasteiger partial charge in [0.2, 0.25) is 5.88 Å². The highest BCUT2D eigenvalue weighted by Crippen LogP contribution is 2.33. The summed E-state index contributed by atoms with van der Waals surface area (Å²) in [6.45, 7) is 0.700. The van der Waals surface area contributed by atoms with Crippen LogP contribution in [0.3, 0.4) is 0 Å². The van der Waals surface area contributed by atoms with Crippen molar-refractivity contribution < 1.29 is 4.74 Å². The summed E-state index contributed by atoms with van der Waals surface area (Å²) in [5.74, 6) is 0.853. The molecule has 2 aromatic rings. The predicted molar refractivity (Wildman–Crippen MR) is 81.2 cm³/mol. The molecule has 0 aliphatic heterocycles. The molecule has 100 valence electrons. The first-order valence-electron chi connectivity index (χ1n) is 5.52. The Labute approximate surface area is 130 Å². The molecule has 3 nitrogen and oxygen atoms in total. The second kappa shape index (κ2) is 6.57. The molecule has 1 aromatic carbocycles. The Morgan fingerprint density at radius 1 is 1.26 bits per heavy atom. The monoisotopic (exact) mass is 360 g/mol. The Balaban J connectivity index is 2.23. The molecule has 1 N–H and O–H groups in total. The third kappa shape index (κ3) is 3.83. The maximum atomic E-state index is 6.13. The summed E-state index contributed by atoms with van der Waals surface area (Å²) in [6.07, 6.45) is 1.71. The van der Waals surface area contributed by atoms with Crippen LogP contribution in [0.15, 0.2) is 34.9 Å². The summed E-state index contributed by atoms with van der Waals surface area (Å²) in [5.41, 5.74) is 0.988. The molecule has 0 spiro atoms. The van der Waals surface area contributed by atoms with Crippen molar-refractivity contribution in [1.29, 1.82) is 0 Å². The van der Waals surface area contributed by atoms with Gasteiger partial charge >= 0.3 is 0 Å². The standard InChI is InChI=1S/C13H11BrCl2N2O/c1-17-6-8-4-11(16)13(18-7-8)19-12-3-2-9(14)5-10(12)15/h2-5,7,17H,6H2,1H3. The van der Waals surface area contributed by atoms with Gasteiger partial charge in [0.15, 0.2) is 0 Å². The smallest absolute Gasteiger partial charge is 0.238 e. The van der Waals surface area contributed by atoms with Crippen molar-refractivity contribution in [3.8, 4) is 11.6 Å². The molecule has 6 heteroatoms. The number of hydrogen-bond donors (Lipinski definition) is 1. The number of hydrogen-bond acceptors (Lipinski definition) is 3. The van der Waals surface area contributed by atoms with Gasteiger partial charge in [-0.05, 0) is 36.9 Å². The molecule has 0 atom stereocenters. The number of nitrogens with zero attached hydrogens (tertiary/aromatic N) is 1. The predicted octanol–water partition coefficient (Wildman–Crippen LogP) is 4.66. The van der Waals surface area contributed by atoms with Gasteiger partial charge in [-0.25, -0.2) is 4.98 Å². The Morgan fingerprint density at radius 2 is 2.05 bits per heavy atom. The van der Waals surface area contributed by atoms with Crippen LogP contribution in [0.25, 0.3) is 0 Å². The van der Waals surface area contributed by atoms with Crippen LogP contribution in [0.5, 0.6) is 11.6 Å². The van der Waals surface area contributed by atoms with E-state index in [4.69, 9.17) is 27.9 Å². The lowest BCUT2D eigenvalue weighted by Gasteiger charge is -2.09. The fourth-order valence-corrected chi connectivity index (χ4v) is 2.44. The number of pyridine rings is 1. The van der Waals surface area contributed by atoms with Crippen LogP contribution < -0.4 is 10.1 Å². The highest BCUT2D eigenvalue weighted by Gasteiger charge is 2.09. The number of nitrogens with one attached hydrogen (secondary N) is 1. The van der Waals surface area contributed by atoms with E-state index in [0.717, 1.165) is 10.0 Å². The van der Waals surface area contributed by atoms with Crippen molar-refractivity contribution in [3.05, 3.63) is 50.5 Å². The number of ether oxygens (including phenoxy) is 1. The zero-order valence-electron chi connectivity index (χ0n) is 10.1. The molecule has 0 fully saturated rings. The van der Waals surface area contributed by atoms with Crippen molar-refractivity contribution in [2.24, 2.45) is 0 Å². The summed E-state index contributed by atoms with van der Waals surface area (Å²) < 4.78 is 6.49. The average molecular weight is 362 g/mol. The van der Waals surface area contributed by atoms with E-state index in [9.17, 15) is 0 Å². The third-order valence-corrected chi connectivity index (χ3v) is 3.40. The topological polar surface area (TPSA) is 34.2 Å². The average Bonchev–Trinajstić information content (AvgIpc) is 2.36. The van der Waals surface area contributed by atoms with E-state index in [1.54, 1.807) is 18.3 Å². The highest BCUT2D eigenvalue weighted by molar-refractivity contribution is 9.10. The van der Waals surface area contributed by atoms with Crippen molar-refractivity contribution >= 4 is 39.1 Å². The lowest BCUT2D eigenvalue weighted by molar-refractivity contribution is 0.463. The Kier molecular flexibility index (Phi) is 5.05. The first-order valence-corrected chi connectivity index (χ1v) is 7.07. The Hall–Kier alpha value is -0.810. The SMILES string of the molecule is CNCc1cnc(Oc2ccc(Br)cc2Cl)c(Cl)c1. The molecule has 1 aromatic heterocycles. The number of benzene rings is 1. The lowest BCUT2D eigenvalue weighted by atomic mass is 10.3. The molecule has 0 amide bonds. The van der Waals surface area contributed by atoms with E-state index in [1.807, 2.05) is 19.2 Å². The zero-order valence-corrected chi connectivity index (χ0v) is 13.2. The van der Waals surface area contributed by atoms with Crippen LogP contribution in [0, 0.1) is 0 Å². The highest BCUT2D eigenvalue weighted by atomic mass is 79.9. The summed E-state index contributed by atoms with van der Waals surface area (Å²) in [5, 5.41) is 3.97. The lowest BCUT2D eigenvalue weighted by Crippen LogP contribution is -2.05. The summed E-state index contributed by atoms with van der Waals surface area (Å²) >= 11 is 15.5. The molecule has 0 aliphatic rings. The van der Waals surface area contributed by atoms with Crippen molar-refractivity contribution in [2.75, 3.05) is 7.05 Å². The minimum atomic E-state index is 0.339. The first kappa shape index (κ1) is 14.6. The molecule has 0 aliphatic carbocycles. The van der Waals surface area contributed by atoms with Gasteiger partial charge in [0.05, 0.1) is 5.02 Å². The Morgan fingerprint density at radius 3 is 2.68 bits per heavy atom. The quantitative estimate of drug-likeness (QED) is 0.859. The minimum absolute atomic E-state index is 0.339. The van der Waals surface area contributed by atoms with E-state index in [2.05, 4.69) is 26.2 Å². The summed E-state index contributed by atoms with van der Waals surface area (Å²) in [4.78, 5) is 4.19. The van der Waals surface area contributed by atoms with E-state index in [-0.39, 0.29) is 0 Å². The van der Waals surface area contributed by atoms with Crippen LogP contribution in [-0.4, -0.2) is 12.0 Å². The molecule has 1 heterocycles. The van der Waals surface area contributed by atoms with Gasteiger partial charge in [0.25, 0.3) is 0 Å². The third-order valence-electron chi connectivity index (χ3n) is 2.35. The molecule has 0 radical (unpaired) electrons. The van der Waals surface area contributed by atoms with Crippen molar-refractivity contribution in [1.82, 2.24) is 10.3 Å². The molecule has 0 unspecified atom stereocenters. The molecular weight excluding hydrogens is 351 g/mol. The van der Waals surface area contributed by atoms with E-state index in [0.29, 0.717) is 28.2 Å². The van der Waals surface area contributed by atoms with Crippen LogP contribution >= 0.6 is 39.1 Å². The molecule has 0 saturated carbocycles. The Bertz CT molecular complexity index is 593. The molecular formula is C13H11BrCl2N2O. The molecule has 0 saturated heterocycles. The summed E-state index contributed by atoms with van der Waals surface area (Å²) in [6, 6.07) is 7.16. The van der Waals surface area contributed by atoms with Crippen LogP contribution in [0.4, 0.5) is 0 Å². The summed E-state index contributed by atoms with van der Waals surface area (Å²) in [7, 11) is 1.86. The fourth-order valence-electron chi connectivity index (χ4n) is 1.50. The number of rotatable bonds is 4. The van der Waals surface area contributed by atoms with Crippen molar-refractivity contribution in [3.63, 3.8) is 0 Å². The second-order valence-corrected chi connectivity index (χ2v) is 5.57. The van der Waals surface area contributed by atoms with Gasteiger partial charge in [-0.1, -0.05) is 39.1 Å². The maximum Gasteiger partial charge on any atom is 0.238 e. The van der Waals surface area contributed by atoms with Gasteiger partial charge in [-0.2, -0.15) is 0 Å².